The van der Waals surface area contributed by atoms with Crippen molar-refractivity contribution in [1.82, 2.24) is 20.3 Å². The van der Waals surface area contributed by atoms with Crippen LogP contribution in [0.4, 0.5) is 5.95 Å². The molecule has 2 N–H and O–H groups in total. The molecule has 3 aromatic rings. The average Bonchev–Trinajstić information content (AvgIpc) is 3.26. The minimum atomic E-state index is 0.470. The van der Waals surface area contributed by atoms with Crippen molar-refractivity contribution in [2.45, 2.75) is 6.42 Å². The van der Waals surface area contributed by atoms with E-state index in [4.69, 9.17) is 11.6 Å². The summed E-state index contributed by atoms with van der Waals surface area (Å²) >= 11 is 7.43. The van der Waals surface area contributed by atoms with E-state index in [1.807, 2.05) is 48.0 Å². The van der Waals surface area contributed by atoms with Crippen molar-refractivity contribution in [3.8, 4) is 6.07 Å². The number of hydrogen-bond acceptors (Lipinski definition) is 7. The van der Waals surface area contributed by atoms with Crippen LogP contribution in [0.5, 0.6) is 0 Å². The first kappa shape index (κ1) is 20.0. The summed E-state index contributed by atoms with van der Waals surface area (Å²) in [6, 6.07) is 15.5. The number of benzene rings is 1. The van der Waals surface area contributed by atoms with Gasteiger partial charge in [0.1, 0.15) is 11.6 Å². The van der Waals surface area contributed by atoms with Crippen LogP contribution in [0.25, 0.3) is 11.3 Å². The third-order valence-corrected chi connectivity index (χ3v) is 5.52. The molecule has 30 heavy (non-hydrogen) atoms. The van der Waals surface area contributed by atoms with E-state index in [1.165, 1.54) is 11.8 Å². The van der Waals surface area contributed by atoms with E-state index in [1.54, 1.807) is 18.5 Å². The highest BCUT2D eigenvalue weighted by molar-refractivity contribution is 8.06. The molecule has 1 aliphatic rings. The molecule has 1 aliphatic heterocycles. The summed E-state index contributed by atoms with van der Waals surface area (Å²) in [5, 5.41) is 19.7. The van der Waals surface area contributed by atoms with Crippen LogP contribution in [0.3, 0.4) is 0 Å². The van der Waals surface area contributed by atoms with Gasteiger partial charge >= 0.3 is 0 Å². The van der Waals surface area contributed by atoms with E-state index in [9.17, 15) is 5.26 Å². The van der Waals surface area contributed by atoms with Crippen LogP contribution in [0.2, 0.25) is 5.02 Å². The van der Waals surface area contributed by atoms with Gasteiger partial charge in [-0.2, -0.15) is 5.26 Å². The Morgan fingerprint density at radius 1 is 1.17 bits per heavy atom. The van der Waals surface area contributed by atoms with Gasteiger partial charge in [-0.3, -0.25) is 4.98 Å². The lowest BCUT2D eigenvalue weighted by molar-refractivity contribution is 0.971. The summed E-state index contributed by atoms with van der Waals surface area (Å²) in [4.78, 5) is 12.9. The first-order valence-electron chi connectivity index (χ1n) is 9.23. The van der Waals surface area contributed by atoms with Gasteiger partial charge in [0.15, 0.2) is 0 Å². The highest BCUT2D eigenvalue weighted by Crippen LogP contribution is 2.34. The van der Waals surface area contributed by atoms with Gasteiger partial charge in [-0.15, -0.1) is 0 Å². The van der Waals surface area contributed by atoms with E-state index in [-0.39, 0.29) is 0 Å². The number of pyridine rings is 1. The van der Waals surface area contributed by atoms with Gasteiger partial charge in [-0.1, -0.05) is 41.6 Å². The molecule has 0 atom stereocenters. The smallest absolute Gasteiger partial charge is 0.223 e. The number of anilines is 1. The molecule has 8 heteroatoms. The number of thioether (sulfide) groups is 1. The summed E-state index contributed by atoms with van der Waals surface area (Å²) in [7, 11) is 0. The second kappa shape index (κ2) is 9.44. The van der Waals surface area contributed by atoms with Crippen LogP contribution >= 0.6 is 23.4 Å². The lowest BCUT2D eigenvalue weighted by Gasteiger charge is -2.09. The lowest BCUT2D eigenvalue weighted by Crippen LogP contribution is -2.10. The third-order valence-electron chi connectivity index (χ3n) is 4.37. The SMILES string of the molecule is N#CC(=C1NC(c2ccc(Cl)cc2)=CS1)c1ccnc(NCCc2cccnc2)n1. The van der Waals surface area contributed by atoms with Crippen molar-refractivity contribution < 1.29 is 0 Å². The van der Waals surface area contributed by atoms with Crippen molar-refractivity contribution in [1.29, 1.82) is 5.26 Å². The highest BCUT2D eigenvalue weighted by Gasteiger charge is 2.18. The number of allylic oxidation sites excluding steroid dienone is 1. The fourth-order valence-corrected chi connectivity index (χ4v) is 3.86. The van der Waals surface area contributed by atoms with Crippen LogP contribution in [0.1, 0.15) is 16.8 Å². The summed E-state index contributed by atoms with van der Waals surface area (Å²) in [5.74, 6) is 0.485. The molecule has 148 valence electrons. The number of halogens is 1. The Kier molecular flexibility index (Phi) is 6.28. The monoisotopic (exact) mass is 432 g/mol. The Hall–Kier alpha value is -3.34. The summed E-state index contributed by atoms with van der Waals surface area (Å²) < 4.78 is 0. The summed E-state index contributed by atoms with van der Waals surface area (Å²) in [6.07, 6.45) is 6.05. The van der Waals surface area contributed by atoms with Crippen LogP contribution in [-0.2, 0) is 6.42 Å². The average molecular weight is 433 g/mol. The highest BCUT2D eigenvalue weighted by atomic mass is 35.5. The van der Waals surface area contributed by atoms with E-state index in [0.29, 0.717) is 28.8 Å². The molecule has 6 nitrogen and oxygen atoms in total. The van der Waals surface area contributed by atoms with Gasteiger partial charge in [-0.25, -0.2) is 9.97 Å². The number of nitrogens with zero attached hydrogens (tertiary/aromatic N) is 4. The van der Waals surface area contributed by atoms with Crippen molar-refractivity contribution in [2.24, 2.45) is 0 Å². The molecule has 0 fully saturated rings. The Morgan fingerprint density at radius 2 is 2.03 bits per heavy atom. The van der Waals surface area contributed by atoms with Crippen molar-refractivity contribution in [2.75, 3.05) is 11.9 Å². The molecule has 2 aromatic heterocycles. The van der Waals surface area contributed by atoms with E-state index in [0.717, 1.165) is 28.3 Å². The predicted molar refractivity (Wildman–Crippen MR) is 121 cm³/mol. The van der Waals surface area contributed by atoms with E-state index < -0.39 is 0 Å². The number of aromatic nitrogens is 3. The molecule has 0 aliphatic carbocycles. The van der Waals surface area contributed by atoms with Crippen LogP contribution < -0.4 is 10.6 Å². The summed E-state index contributed by atoms with van der Waals surface area (Å²) in [5.41, 5.74) is 4.09. The zero-order valence-corrected chi connectivity index (χ0v) is 17.4. The molecule has 3 heterocycles. The maximum Gasteiger partial charge on any atom is 0.223 e. The van der Waals surface area contributed by atoms with Crippen LogP contribution in [0.15, 0.2) is 71.5 Å². The first-order valence-corrected chi connectivity index (χ1v) is 10.5. The number of nitriles is 1. The molecule has 0 amide bonds. The Morgan fingerprint density at radius 3 is 2.80 bits per heavy atom. The zero-order chi connectivity index (χ0) is 20.8. The number of rotatable bonds is 6. The minimum absolute atomic E-state index is 0.470. The minimum Gasteiger partial charge on any atom is -0.354 e. The molecule has 0 unspecified atom stereocenters. The fourth-order valence-electron chi connectivity index (χ4n) is 2.86. The molecular formula is C22H17ClN6S. The maximum absolute atomic E-state index is 9.76. The van der Waals surface area contributed by atoms with Gasteiger partial charge in [0, 0.05) is 35.6 Å². The molecule has 0 radical (unpaired) electrons. The molecular weight excluding hydrogens is 416 g/mol. The molecule has 0 bridgehead atoms. The Bertz CT molecular complexity index is 1140. The maximum atomic E-state index is 9.76. The second-order valence-electron chi connectivity index (χ2n) is 6.40. The van der Waals surface area contributed by atoms with Crippen LogP contribution in [-0.4, -0.2) is 21.5 Å². The van der Waals surface area contributed by atoms with Gasteiger partial charge in [-0.05, 0) is 41.8 Å². The van der Waals surface area contributed by atoms with Gasteiger partial charge in [0.2, 0.25) is 5.95 Å². The second-order valence-corrected chi connectivity index (χ2v) is 7.72. The lowest BCUT2D eigenvalue weighted by atomic mass is 10.1. The van der Waals surface area contributed by atoms with Crippen molar-refractivity contribution in [3.05, 3.63) is 93.3 Å². The van der Waals surface area contributed by atoms with Gasteiger partial charge in [0.05, 0.1) is 16.4 Å². The quantitative estimate of drug-likeness (QED) is 0.545. The standard InChI is InChI=1S/C22H17ClN6S/c23-17-5-3-16(4-6-17)20-14-30-21(28-20)18(12-24)19-8-11-27-22(29-19)26-10-7-15-2-1-9-25-13-15/h1-6,8-9,11,13-14,28H,7,10H2,(H,26,27,29). The predicted octanol–water partition coefficient (Wildman–Crippen LogP) is 4.71. The largest absolute Gasteiger partial charge is 0.354 e. The molecule has 0 spiro atoms. The van der Waals surface area contributed by atoms with E-state index in [2.05, 4.69) is 31.7 Å². The zero-order valence-electron chi connectivity index (χ0n) is 15.8. The molecule has 1 aromatic carbocycles. The molecule has 0 saturated carbocycles. The van der Waals surface area contributed by atoms with Crippen molar-refractivity contribution in [3.63, 3.8) is 0 Å². The van der Waals surface area contributed by atoms with Crippen molar-refractivity contribution >= 4 is 40.6 Å². The first-order chi connectivity index (χ1) is 14.7. The number of nitrogens with one attached hydrogen (secondary N) is 2. The topological polar surface area (TPSA) is 86.5 Å². The number of hydrogen-bond donors (Lipinski definition) is 2. The van der Waals surface area contributed by atoms with E-state index >= 15 is 0 Å². The van der Waals surface area contributed by atoms with Gasteiger partial charge < -0.3 is 10.6 Å². The fraction of sp³-hybridized carbons (Fsp3) is 0.0909. The summed E-state index contributed by atoms with van der Waals surface area (Å²) in [6.45, 7) is 0.670. The van der Waals surface area contributed by atoms with Gasteiger partial charge in [0.25, 0.3) is 0 Å². The molecule has 4 rings (SSSR count). The Balaban J connectivity index is 1.46. The molecule has 0 saturated heterocycles. The Labute approximate surface area is 183 Å². The van der Waals surface area contributed by atoms with Crippen LogP contribution in [0, 0.1) is 11.3 Å². The third kappa shape index (κ3) is 4.79. The normalized spacial score (nSPS) is 14.5.